The van der Waals surface area contributed by atoms with Gasteiger partial charge in [-0.1, -0.05) is 5.16 Å². The Labute approximate surface area is 105 Å². The summed E-state index contributed by atoms with van der Waals surface area (Å²) < 4.78 is 10.5. The van der Waals surface area contributed by atoms with Gasteiger partial charge in [0, 0.05) is 25.5 Å². The molecule has 0 saturated carbocycles. The number of carbonyl (C=O) groups excluding carboxylic acids is 1. The quantitative estimate of drug-likeness (QED) is 0.804. The summed E-state index contributed by atoms with van der Waals surface area (Å²) in [6, 6.07) is 0. The van der Waals surface area contributed by atoms with Crippen LogP contribution < -0.4 is 0 Å². The summed E-state index contributed by atoms with van der Waals surface area (Å²) in [5.41, 5.74) is 0. The summed E-state index contributed by atoms with van der Waals surface area (Å²) in [6.07, 6.45) is 3.63. The topological polar surface area (TPSA) is 68.5 Å². The van der Waals surface area contributed by atoms with Gasteiger partial charge in [-0.15, -0.1) is 0 Å². The van der Waals surface area contributed by atoms with E-state index in [9.17, 15) is 4.79 Å². The lowest BCUT2D eigenvalue weighted by atomic mass is 10.1. The van der Waals surface area contributed by atoms with Crippen molar-refractivity contribution in [2.24, 2.45) is 0 Å². The monoisotopic (exact) mass is 251 g/mol. The second kappa shape index (κ2) is 5.06. The van der Waals surface area contributed by atoms with Crippen molar-refractivity contribution in [2.45, 2.75) is 38.1 Å². The van der Waals surface area contributed by atoms with Crippen molar-refractivity contribution in [3.63, 3.8) is 0 Å². The number of likely N-dealkylation sites (tertiary alicyclic amines) is 1. The molecule has 6 heteroatoms. The summed E-state index contributed by atoms with van der Waals surface area (Å²) in [5, 5.41) is 3.98. The second-order valence-corrected chi connectivity index (χ2v) is 4.88. The van der Waals surface area contributed by atoms with Crippen molar-refractivity contribution in [2.75, 3.05) is 19.8 Å². The third-order valence-electron chi connectivity index (χ3n) is 3.53. The van der Waals surface area contributed by atoms with Crippen molar-refractivity contribution in [1.82, 2.24) is 15.0 Å². The first-order chi connectivity index (χ1) is 8.83. The second-order valence-electron chi connectivity index (χ2n) is 4.88. The standard InChI is InChI=1S/C12H17N3O3/c16-11-3-1-2-5-15(11)7-10-13-12(14-18-10)9-4-6-17-8-9/h9H,1-8H2. The molecule has 0 aliphatic carbocycles. The van der Waals surface area contributed by atoms with Crippen molar-refractivity contribution in [3.05, 3.63) is 11.7 Å². The van der Waals surface area contributed by atoms with E-state index in [1.165, 1.54) is 0 Å². The van der Waals surface area contributed by atoms with Gasteiger partial charge in [0.15, 0.2) is 5.82 Å². The number of hydrogen-bond acceptors (Lipinski definition) is 5. The van der Waals surface area contributed by atoms with Gasteiger partial charge >= 0.3 is 0 Å². The smallest absolute Gasteiger partial charge is 0.246 e. The zero-order chi connectivity index (χ0) is 12.4. The Morgan fingerprint density at radius 3 is 3.11 bits per heavy atom. The lowest BCUT2D eigenvalue weighted by Crippen LogP contribution is -2.34. The highest BCUT2D eigenvalue weighted by Gasteiger charge is 2.25. The molecule has 1 amide bonds. The first-order valence-electron chi connectivity index (χ1n) is 6.51. The van der Waals surface area contributed by atoms with Crippen LogP contribution in [0.15, 0.2) is 4.52 Å². The molecule has 0 bridgehead atoms. The fourth-order valence-electron chi connectivity index (χ4n) is 2.43. The van der Waals surface area contributed by atoms with Crippen LogP contribution in [0.4, 0.5) is 0 Å². The van der Waals surface area contributed by atoms with Gasteiger partial charge < -0.3 is 14.2 Å². The van der Waals surface area contributed by atoms with Crippen LogP contribution >= 0.6 is 0 Å². The molecule has 3 rings (SSSR count). The predicted octanol–water partition coefficient (Wildman–Crippen LogP) is 1.09. The zero-order valence-electron chi connectivity index (χ0n) is 10.3. The van der Waals surface area contributed by atoms with E-state index in [0.29, 0.717) is 31.3 Å². The molecule has 2 aliphatic heterocycles. The minimum atomic E-state index is 0.185. The maximum absolute atomic E-state index is 11.7. The molecule has 1 atom stereocenters. The number of piperidine rings is 1. The fraction of sp³-hybridized carbons (Fsp3) is 0.750. The Kier molecular flexibility index (Phi) is 3.27. The number of aromatic nitrogens is 2. The van der Waals surface area contributed by atoms with E-state index in [4.69, 9.17) is 9.26 Å². The maximum Gasteiger partial charge on any atom is 0.246 e. The van der Waals surface area contributed by atoms with Crippen LogP contribution in [0.3, 0.4) is 0 Å². The van der Waals surface area contributed by atoms with Gasteiger partial charge in [-0.05, 0) is 19.3 Å². The fourth-order valence-corrected chi connectivity index (χ4v) is 2.43. The summed E-state index contributed by atoms with van der Waals surface area (Å²) >= 11 is 0. The number of carbonyl (C=O) groups is 1. The van der Waals surface area contributed by atoms with Gasteiger partial charge in [0.1, 0.15) is 0 Å². The maximum atomic E-state index is 11.7. The lowest BCUT2D eigenvalue weighted by molar-refractivity contribution is -0.134. The van der Waals surface area contributed by atoms with Gasteiger partial charge in [0.25, 0.3) is 0 Å². The molecule has 0 aromatic carbocycles. The Morgan fingerprint density at radius 1 is 1.39 bits per heavy atom. The molecule has 18 heavy (non-hydrogen) atoms. The van der Waals surface area contributed by atoms with Crippen LogP contribution in [0, 0.1) is 0 Å². The van der Waals surface area contributed by atoms with Gasteiger partial charge in [0.05, 0.1) is 13.2 Å². The van der Waals surface area contributed by atoms with Crippen molar-refractivity contribution < 1.29 is 14.1 Å². The summed E-state index contributed by atoms with van der Waals surface area (Å²) in [6.45, 7) is 2.67. The average Bonchev–Trinajstić information content (AvgIpc) is 3.02. The third kappa shape index (κ3) is 2.38. The van der Waals surface area contributed by atoms with Crippen molar-refractivity contribution in [3.8, 4) is 0 Å². The van der Waals surface area contributed by atoms with Gasteiger partial charge in [0.2, 0.25) is 11.8 Å². The van der Waals surface area contributed by atoms with Gasteiger partial charge in [-0.25, -0.2) is 0 Å². The van der Waals surface area contributed by atoms with Crippen LogP contribution in [0.25, 0.3) is 0 Å². The van der Waals surface area contributed by atoms with Gasteiger partial charge in [-0.2, -0.15) is 4.98 Å². The average molecular weight is 251 g/mol. The number of ether oxygens (including phenoxy) is 1. The minimum absolute atomic E-state index is 0.185. The van der Waals surface area contributed by atoms with Crippen LogP contribution in [0.2, 0.25) is 0 Å². The molecular weight excluding hydrogens is 234 g/mol. The van der Waals surface area contributed by atoms with Crippen LogP contribution in [-0.4, -0.2) is 40.7 Å². The Hall–Kier alpha value is -1.43. The molecule has 2 saturated heterocycles. The number of amides is 1. The Bertz CT molecular complexity index is 426. The van der Waals surface area contributed by atoms with E-state index in [1.807, 2.05) is 0 Å². The first-order valence-corrected chi connectivity index (χ1v) is 6.51. The molecule has 1 aromatic rings. The molecule has 3 heterocycles. The summed E-state index contributed by atoms with van der Waals surface area (Å²) in [7, 11) is 0. The Morgan fingerprint density at radius 2 is 2.33 bits per heavy atom. The molecular formula is C12H17N3O3. The largest absolute Gasteiger partial charge is 0.381 e. The van der Waals surface area contributed by atoms with Crippen LogP contribution in [-0.2, 0) is 16.1 Å². The number of rotatable bonds is 3. The highest BCUT2D eigenvalue weighted by atomic mass is 16.5. The molecule has 2 fully saturated rings. The summed E-state index contributed by atoms with van der Waals surface area (Å²) in [5.74, 6) is 1.68. The van der Waals surface area contributed by atoms with Gasteiger partial charge in [-0.3, -0.25) is 4.79 Å². The van der Waals surface area contributed by atoms with E-state index in [-0.39, 0.29) is 11.8 Å². The molecule has 0 spiro atoms. The molecule has 2 aliphatic rings. The van der Waals surface area contributed by atoms with Crippen LogP contribution in [0.1, 0.15) is 43.3 Å². The highest BCUT2D eigenvalue weighted by Crippen LogP contribution is 2.23. The third-order valence-corrected chi connectivity index (χ3v) is 3.53. The van der Waals surface area contributed by atoms with E-state index >= 15 is 0 Å². The normalized spacial score (nSPS) is 24.8. The van der Waals surface area contributed by atoms with Crippen molar-refractivity contribution >= 4 is 5.91 Å². The minimum Gasteiger partial charge on any atom is -0.381 e. The van der Waals surface area contributed by atoms with Crippen molar-refractivity contribution in [1.29, 1.82) is 0 Å². The lowest BCUT2D eigenvalue weighted by Gasteiger charge is -2.24. The molecule has 1 aromatic heterocycles. The SMILES string of the molecule is O=C1CCCCN1Cc1nc(C2CCOC2)no1. The van der Waals surface area contributed by atoms with E-state index in [0.717, 1.165) is 32.4 Å². The summed E-state index contributed by atoms with van der Waals surface area (Å²) in [4.78, 5) is 17.8. The van der Waals surface area contributed by atoms with E-state index in [2.05, 4.69) is 10.1 Å². The molecule has 98 valence electrons. The molecule has 1 unspecified atom stereocenters. The first kappa shape index (κ1) is 11.6. The number of hydrogen-bond donors (Lipinski definition) is 0. The molecule has 0 radical (unpaired) electrons. The number of nitrogens with zero attached hydrogens (tertiary/aromatic N) is 3. The Balaban J connectivity index is 1.64. The molecule has 6 nitrogen and oxygen atoms in total. The highest BCUT2D eigenvalue weighted by molar-refractivity contribution is 5.76. The zero-order valence-corrected chi connectivity index (χ0v) is 10.3. The van der Waals surface area contributed by atoms with E-state index < -0.39 is 0 Å². The predicted molar refractivity (Wildman–Crippen MR) is 61.7 cm³/mol. The van der Waals surface area contributed by atoms with E-state index in [1.54, 1.807) is 4.90 Å². The molecule has 0 N–H and O–H groups in total. The van der Waals surface area contributed by atoms with Crippen LogP contribution in [0.5, 0.6) is 0 Å².